The summed E-state index contributed by atoms with van der Waals surface area (Å²) in [5, 5.41) is 10.5. The van der Waals surface area contributed by atoms with Gasteiger partial charge < -0.3 is 14.6 Å². The Bertz CT molecular complexity index is 980. The Labute approximate surface area is 201 Å². The van der Waals surface area contributed by atoms with E-state index in [4.69, 9.17) is 9.47 Å². The van der Waals surface area contributed by atoms with Crippen LogP contribution >= 0.6 is 0 Å². The number of piperazine rings is 1. The molecule has 0 radical (unpaired) electrons. The van der Waals surface area contributed by atoms with E-state index in [1.165, 1.54) is 18.2 Å². The molecule has 6 nitrogen and oxygen atoms in total. The van der Waals surface area contributed by atoms with Gasteiger partial charge in [-0.25, -0.2) is 4.79 Å². The van der Waals surface area contributed by atoms with Crippen molar-refractivity contribution in [1.29, 1.82) is 0 Å². The fraction of sp³-hybridized carbons (Fsp3) is 0.321. The van der Waals surface area contributed by atoms with Crippen molar-refractivity contribution < 1.29 is 19.4 Å². The van der Waals surface area contributed by atoms with Gasteiger partial charge in [-0.3, -0.25) is 9.80 Å². The summed E-state index contributed by atoms with van der Waals surface area (Å²) < 4.78 is 10.4. The number of methoxy groups -OCH3 is 1. The molecule has 1 heterocycles. The molecule has 1 aliphatic heterocycles. The molecule has 6 heteroatoms. The van der Waals surface area contributed by atoms with E-state index >= 15 is 0 Å². The minimum absolute atomic E-state index is 0.203. The molecule has 1 saturated heterocycles. The summed E-state index contributed by atoms with van der Waals surface area (Å²) in [6.45, 7) is 4.40. The highest BCUT2D eigenvalue weighted by atomic mass is 16.5. The molecule has 1 atom stereocenters. The van der Waals surface area contributed by atoms with Gasteiger partial charge in [0.05, 0.1) is 18.7 Å². The topological polar surface area (TPSA) is 62.2 Å². The molecule has 1 N–H and O–H groups in total. The van der Waals surface area contributed by atoms with E-state index in [-0.39, 0.29) is 18.6 Å². The lowest BCUT2D eigenvalue weighted by Crippen LogP contribution is -2.50. The maximum atomic E-state index is 11.5. The quantitative estimate of drug-likeness (QED) is 0.492. The number of nitrogens with zero attached hydrogens (tertiary/aromatic N) is 2. The first-order chi connectivity index (χ1) is 16.6. The summed E-state index contributed by atoms with van der Waals surface area (Å²) >= 11 is 0. The van der Waals surface area contributed by atoms with Crippen LogP contribution in [0.2, 0.25) is 0 Å². The van der Waals surface area contributed by atoms with Gasteiger partial charge in [0, 0.05) is 32.7 Å². The van der Waals surface area contributed by atoms with Crippen LogP contribution in [0.5, 0.6) is 5.75 Å². The maximum Gasteiger partial charge on any atom is 0.337 e. The van der Waals surface area contributed by atoms with Gasteiger partial charge in [0.15, 0.2) is 0 Å². The minimum Gasteiger partial charge on any atom is -0.491 e. The van der Waals surface area contributed by atoms with Gasteiger partial charge in [0.2, 0.25) is 0 Å². The number of hydrogen-bond donors (Lipinski definition) is 1. The van der Waals surface area contributed by atoms with Gasteiger partial charge in [-0.05, 0) is 35.4 Å². The van der Waals surface area contributed by atoms with Crippen LogP contribution in [0, 0.1) is 0 Å². The van der Waals surface area contributed by atoms with Crippen molar-refractivity contribution in [3.8, 4) is 5.75 Å². The Morgan fingerprint density at radius 2 is 1.41 bits per heavy atom. The zero-order chi connectivity index (χ0) is 23.8. The summed E-state index contributed by atoms with van der Waals surface area (Å²) in [6.07, 6.45) is -0.592. The van der Waals surface area contributed by atoms with Crippen molar-refractivity contribution in [2.75, 3.05) is 46.4 Å². The predicted octanol–water partition coefficient (Wildman–Crippen LogP) is 3.62. The summed E-state index contributed by atoms with van der Waals surface area (Å²) in [5.41, 5.74) is 3.07. The number of aliphatic hydroxyl groups is 1. The predicted molar refractivity (Wildman–Crippen MR) is 132 cm³/mol. The van der Waals surface area contributed by atoms with E-state index in [9.17, 15) is 9.90 Å². The van der Waals surface area contributed by atoms with Crippen molar-refractivity contribution in [2.24, 2.45) is 0 Å². The molecule has 0 aromatic heterocycles. The van der Waals surface area contributed by atoms with Crippen molar-refractivity contribution in [3.05, 3.63) is 102 Å². The van der Waals surface area contributed by atoms with E-state index < -0.39 is 6.10 Å². The second-order valence-electron chi connectivity index (χ2n) is 8.54. The normalized spacial score (nSPS) is 15.7. The Hall–Kier alpha value is -3.19. The first-order valence-corrected chi connectivity index (χ1v) is 11.7. The molecule has 0 unspecified atom stereocenters. The van der Waals surface area contributed by atoms with E-state index in [0.717, 1.165) is 26.2 Å². The zero-order valence-electron chi connectivity index (χ0n) is 19.5. The average molecular weight is 461 g/mol. The van der Waals surface area contributed by atoms with E-state index in [1.807, 2.05) is 0 Å². The first kappa shape index (κ1) is 24.0. The summed E-state index contributed by atoms with van der Waals surface area (Å²) in [6, 6.07) is 28.3. The van der Waals surface area contributed by atoms with Crippen molar-refractivity contribution in [2.45, 2.75) is 12.1 Å². The third-order valence-electron chi connectivity index (χ3n) is 6.19. The van der Waals surface area contributed by atoms with Crippen LogP contribution in [0.1, 0.15) is 27.5 Å². The Kier molecular flexibility index (Phi) is 8.31. The van der Waals surface area contributed by atoms with Crippen molar-refractivity contribution in [1.82, 2.24) is 9.80 Å². The summed E-state index contributed by atoms with van der Waals surface area (Å²) in [4.78, 5) is 16.3. The number of hydrogen-bond acceptors (Lipinski definition) is 6. The molecular formula is C28H32N2O4. The SMILES string of the molecule is COC(=O)c1ccc(OC[C@@H](O)CN2CCN(C(c3ccccc3)c3ccccc3)CC2)cc1. The molecule has 4 rings (SSSR count). The lowest BCUT2D eigenvalue weighted by atomic mass is 9.96. The first-order valence-electron chi connectivity index (χ1n) is 11.7. The van der Waals surface area contributed by atoms with Crippen LogP contribution in [-0.2, 0) is 4.74 Å². The van der Waals surface area contributed by atoms with Gasteiger partial charge in [-0.1, -0.05) is 60.7 Å². The lowest BCUT2D eigenvalue weighted by Gasteiger charge is -2.40. The molecule has 1 fully saturated rings. The highest BCUT2D eigenvalue weighted by molar-refractivity contribution is 5.89. The molecule has 0 amide bonds. The van der Waals surface area contributed by atoms with Crippen LogP contribution in [0.25, 0.3) is 0 Å². The Balaban J connectivity index is 1.28. The molecule has 0 spiro atoms. The van der Waals surface area contributed by atoms with Gasteiger partial charge in [0.25, 0.3) is 0 Å². The van der Waals surface area contributed by atoms with Gasteiger partial charge >= 0.3 is 5.97 Å². The minimum atomic E-state index is -0.592. The number of ether oxygens (including phenoxy) is 2. The Morgan fingerprint density at radius 1 is 0.853 bits per heavy atom. The summed E-state index contributed by atoms with van der Waals surface area (Å²) in [7, 11) is 1.35. The van der Waals surface area contributed by atoms with Gasteiger partial charge in [-0.15, -0.1) is 0 Å². The smallest absolute Gasteiger partial charge is 0.337 e. The largest absolute Gasteiger partial charge is 0.491 e. The Morgan fingerprint density at radius 3 is 1.94 bits per heavy atom. The third-order valence-corrected chi connectivity index (χ3v) is 6.19. The lowest BCUT2D eigenvalue weighted by molar-refractivity contribution is 0.0400. The number of aliphatic hydroxyl groups excluding tert-OH is 1. The van der Waals surface area contributed by atoms with Crippen LogP contribution in [-0.4, -0.2) is 73.4 Å². The second-order valence-corrected chi connectivity index (χ2v) is 8.54. The number of esters is 1. The van der Waals surface area contributed by atoms with E-state index in [1.54, 1.807) is 24.3 Å². The molecule has 3 aromatic carbocycles. The van der Waals surface area contributed by atoms with Crippen LogP contribution in [0.4, 0.5) is 0 Å². The standard InChI is InChI=1S/C28H32N2O4/c1-33-28(32)24-12-14-26(15-13-24)34-21-25(31)20-29-16-18-30(19-17-29)27(22-8-4-2-5-9-22)23-10-6-3-7-11-23/h2-15,25,27,31H,16-21H2,1H3/t25-/m0/s1. The number of benzene rings is 3. The molecule has 178 valence electrons. The molecule has 0 aliphatic carbocycles. The highest BCUT2D eigenvalue weighted by Gasteiger charge is 2.27. The van der Waals surface area contributed by atoms with Crippen LogP contribution in [0.15, 0.2) is 84.9 Å². The van der Waals surface area contributed by atoms with E-state index in [2.05, 4.69) is 70.5 Å². The average Bonchev–Trinajstić information content (AvgIpc) is 2.90. The molecule has 34 heavy (non-hydrogen) atoms. The second kappa shape index (κ2) is 11.8. The fourth-order valence-electron chi connectivity index (χ4n) is 4.44. The maximum absolute atomic E-state index is 11.5. The van der Waals surface area contributed by atoms with Crippen LogP contribution in [0.3, 0.4) is 0 Å². The van der Waals surface area contributed by atoms with E-state index in [0.29, 0.717) is 17.9 Å². The molecular weight excluding hydrogens is 428 g/mol. The van der Waals surface area contributed by atoms with Crippen LogP contribution < -0.4 is 4.74 Å². The molecule has 3 aromatic rings. The van der Waals surface area contributed by atoms with Crippen molar-refractivity contribution >= 4 is 5.97 Å². The highest BCUT2D eigenvalue weighted by Crippen LogP contribution is 2.29. The number of β-amino-alcohol motifs (C(OH)–C–C–N with tert-alkyl or cyclic N) is 1. The number of carbonyl (C=O) groups is 1. The number of carbonyl (C=O) groups excluding carboxylic acids is 1. The zero-order valence-corrected chi connectivity index (χ0v) is 19.5. The third kappa shape index (κ3) is 6.23. The fourth-order valence-corrected chi connectivity index (χ4v) is 4.44. The number of rotatable bonds is 9. The summed E-state index contributed by atoms with van der Waals surface area (Å²) in [5.74, 6) is 0.234. The molecule has 0 saturated carbocycles. The van der Waals surface area contributed by atoms with Gasteiger partial charge in [-0.2, -0.15) is 0 Å². The van der Waals surface area contributed by atoms with Crippen molar-refractivity contribution in [3.63, 3.8) is 0 Å². The molecule has 0 bridgehead atoms. The van der Waals surface area contributed by atoms with Gasteiger partial charge in [0.1, 0.15) is 18.5 Å². The monoisotopic (exact) mass is 460 g/mol. The molecule has 1 aliphatic rings.